The van der Waals surface area contributed by atoms with Crippen molar-refractivity contribution in [2.45, 2.75) is 13.5 Å². The second-order valence-corrected chi connectivity index (χ2v) is 6.29. The van der Waals surface area contributed by atoms with E-state index in [-0.39, 0.29) is 35.5 Å². The zero-order valence-electron chi connectivity index (χ0n) is 15.4. The molecule has 0 spiro atoms. The van der Waals surface area contributed by atoms with Crippen LogP contribution in [0.5, 0.6) is 5.75 Å². The average molecular weight is 484 g/mol. The van der Waals surface area contributed by atoms with Crippen LogP contribution in [0.25, 0.3) is 0 Å². The third-order valence-electron chi connectivity index (χ3n) is 4.43. The van der Waals surface area contributed by atoms with E-state index in [2.05, 4.69) is 22.0 Å². The highest BCUT2D eigenvalue weighted by Crippen LogP contribution is 2.17. The van der Waals surface area contributed by atoms with Crippen molar-refractivity contribution >= 4 is 35.6 Å². The van der Waals surface area contributed by atoms with Crippen molar-refractivity contribution in [2.75, 3.05) is 37.6 Å². The van der Waals surface area contributed by atoms with Crippen molar-refractivity contribution in [2.24, 2.45) is 4.99 Å². The molecule has 1 saturated heterocycles. The molecule has 7 heteroatoms. The standard InChI is InChI=1S/C20H25FN4O.HI/c1-2-22-20(23-15-16-4-3-5-19(26)14-16)25-12-10-24(11-13-25)18-8-6-17(21)7-9-18;/h3-9,14,26H,2,10-13,15H2,1H3,(H,22,23);1H. The fourth-order valence-electron chi connectivity index (χ4n) is 3.08. The number of nitrogens with zero attached hydrogens (tertiary/aromatic N) is 3. The molecule has 0 aromatic heterocycles. The van der Waals surface area contributed by atoms with Crippen molar-refractivity contribution in [3.8, 4) is 5.75 Å². The van der Waals surface area contributed by atoms with Crippen LogP contribution in [0.3, 0.4) is 0 Å². The third kappa shape index (κ3) is 5.98. The SMILES string of the molecule is CCNC(=NCc1cccc(O)c1)N1CCN(c2ccc(F)cc2)CC1.I. The molecule has 0 bridgehead atoms. The maximum absolute atomic E-state index is 13.1. The molecule has 1 fully saturated rings. The lowest BCUT2D eigenvalue weighted by molar-refractivity contribution is 0.372. The lowest BCUT2D eigenvalue weighted by Gasteiger charge is -2.37. The lowest BCUT2D eigenvalue weighted by Crippen LogP contribution is -2.52. The second-order valence-electron chi connectivity index (χ2n) is 6.29. The molecule has 27 heavy (non-hydrogen) atoms. The number of aromatic hydroxyl groups is 1. The number of rotatable bonds is 4. The average Bonchev–Trinajstić information content (AvgIpc) is 2.66. The first-order chi connectivity index (χ1) is 12.7. The van der Waals surface area contributed by atoms with Crippen LogP contribution in [0.2, 0.25) is 0 Å². The van der Waals surface area contributed by atoms with Crippen LogP contribution < -0.4 is 10.2 Å². The number of aliphatic imine (C=N–C) groups is 1. The molecular formula is C20H26FIN4O. The Labute approximate surface area is 176 Å². The molecule has 0 saturated carbocycles. The summed E-state index contributed by atoms with van der Waals surface area (Å²) in [6.07, 6.45) is 0. The Hall–Kier alpha value is -2.03. The zero-order valence-corrected chi connectivity index (χ0v) is 17.8. The van der Waals surface area contributed by atoms with Gasteiger partial charge in [-0.25, -0.2) is 9.38 Å². The molecule has 2 aromatic rings. The minimum atomic E-state index is -0.207. The maximum atomic E-state index is 13.1. The number of phenolic OH excluding ortho intramolecular Hbond substituents is 1. The van der Waals surface area contributed by atoms with Crippen LogP contribution in [0.4, 0.5) is 10.1 Å². The van der Waals surface area contributed by atoms with Gasteiger partial charge in [0.05, 0.1) is 6.54 Å². The Bertz CT molecular complexity index is 746. The maximum Gasteiger partial charge on any atom is 0.194 e. The summed E-state index contributed by atoms with van der Waals surface area (Å²) in [7, 11) is 0. The van der Waals surface area contributed by atoms with Gasteiger partial charge in [0.1, 0.15) is 11.6 Å². The van der Waals surface area contributed by atoms with Gasteiger partial charge in [0.15, 0.2) is 5.96 Å². The lowest BCUT2D eigenvalue weighted by atomic mass is 10.2. The number of piperazine rings is 1. The van der Waals surface area contributed by atoms with E-state index in [9.17, 15) is 9.50 Å². The number of hydrogen-bond acceptors (Lipinski definition) is 3. The summed E-state index contributed by atoms with van der Waals surface area (Å²) < 4.78 is 13.1. The van der Waals surface area contributed by atoms with Gasteiger partial charge in [0, 0.05) is 38.4 Å². The number of nitrogens with one attached hydrogen (secondary N) is 1. The van der Waals surface area contributed by atoms with Crippen molar-refractivity contribution in [3.63, 3.8) is 0 Å². The molecule has 1 heterocycles. The summed E-state index contributed by atoms with van der Waals surface area (Å²) in [6.45, 7) is 6.81. The summed E-state index contributed by atoms with van der Waals surface area (Å²) >= 11 is 0. The quantitative estimate of drug-likeness (QED) is 0.397. The van der Waals surface area contributed by atoms with Crippen LogP contribution in [0.1, 0.15) is 12.5 Å². The van der Waals surface area contributed by atoms with Gasteiger partial charge in [-0.2, -0.15) is 0 Å². The summed E-state index contributed by atoms with van der Waals surface area (Å²) in [5.41, 5.74) is 2.03. The van der Waals surface area contributed by atoms with Crippen molar-refractivity contribution in [3.05, 3.63) is 59.9 Å². The Balaban J connectivity index is 0.00000261. The van der Waals surface area contributed by atoms with Crippen LogP contribution in [0.15, 0.2) is 53.5 Å². The molecule has 146 valence electrons. The van der Waals surface area contributed by atoms with E-state index in [0.29, 0.717) is 6.54 Å². The second kappa shape index (κ2) is 10.3. The summed E-state index contributed by atoms with van der Waals surface area (Å²) in [4.78, 5) is 9.21. The first-order valence-corrected chi connectivity index (χ1v) is 8.97. The third-order valence-corrected chi connectivity index (χ3v) is 4.43. The summed E-state index contributed by atoms with van der Waals surface area (Å²) in [6, 6.07) is 13.8. The summed E-state index contributed by atoms with van der Waals surface area (Å²) in [5.74, 6) is 0.936. The zero-order chi connectivity index (χ0) is 18.4. The van der Waals surface area contributed by atoms with E-state index in [1.165, 1.54) is 12.1 Å². The van der Waals surface area contributed by atoms with Gasteiger partial charge in [-0.1, -0.05) is 12.1 Å². The van der Waals surface area contributed by atoms with Crippen LogP contribution in [-0.4, -0.2) is 48.7 Å². The number of hydrogen-bond donors (Lipinski definition) is 2. The first kappa shape index (κ1) is 21.3. The number of guanidine groups is 1. The normalized spacial score (nSPS) is 14.7. The topological polar surface area (TPSA) is 51.1 Å². The minimum absolute atomic E-state index is 0. The van der Waals surface area contributed by atoms with E-state index in [1.807, 2.05) is 24.3 Å². The van der Waals surface area contributed by atoms with Gasteiger partial charge >= 0.3 is 0 Å². The molecule has 0 radical (unpaired) electrons. The van der Waals surface area contributed by atoms with E-state index in [0.717, 1.165) is 49.9 Å². The number of benzene rings is 2. The van der Waals surface area contributed by atoms with Gasteiger partial charge in [-0.15, -0.1) is 24.0 Å². The Morgan fingerprint density at radius 2 is 1.81 bits per heavy atom. The van der Waals surface area contributed by atoms with Gasteiger partial charge in [-0.3, -0.25) is 0 Å². The molecule has 0 amide bonds. The van der Waals surface area contributed by atoms with Crippen molar-refractivity contribution in [1.82, 2.24) is 10.2 Å². The van der Waals surface area contributed by atoms with Crippen LogP contribution in [0, 0.1) is 5.82 Å². The molecule has 5 nitrogen and oxygen atoms in total. The minimum Gasteiger partial charge on any atom is -0.508 e. The molecule has 2 N–H and O–H groups in total. The highest BCUT2D eigenvalue weighted by atomic mass is 127. The molecule has 0 aliphatic carbocycles. The van der Waals surface area contributed by atoms with Crippen molar-refractivity contribution < 1.29 is 9.50 Å². The number of phenols is 1. The molecular weight excluding hydrogens is 458 g/mol. The van der Waals surface area contributed by atoms with E-state index < -0.39 is 0 Å². The predicted octanol–water partition coefficient (Wildman–Crippen LogP) is 3.44. The molecule has 1 aliphatic heterocycles. The first-order valence-electron chi connectivity index (χ1n) is 8.97. The monoisotopic (exact) mass is 484 g/mol. The molecule has 1 aliphatic rings. The van der Waals surface area contributed by atoms with Gasteiger partial charge < -0.3 is 20.2 Å². The Morgan fingerprint density at radius 1 is 1.11 bits per heavy atom. The molecule has 2 aromatic carbocycles. The number of anilines is 1. The van der Waals surface area contributed by atoms with Crippen LogP contribution in [-0.2, 0) is 6.54 Å². The largest absolute Gasteiger partial charge is 0.508 e. The molecule has 0 atom stereocenters. The predicted molar refractivity (Wildman–Crippen MR) is 119 cm³/mol. The summed E-state index contributed by atoms with van der Waals surface area (Å²) in [5, 5.41) is 12.9. The fourth-order valence-corrected chi connectivity index (χ4v) is 3.08. The highest BCUT2D eigenvalue weighted by molar-refractivity contribution is 14.0. The van der Waals surface area contributed by atoms with E-state index >= 15 is 0 Å². The smallest absolute Gasteiger partial charge is 0.194 e. The van der Waals surface area contributed by atoms with Gasteiger partial charge in [-0.05, 0) is 48.9 Å². The van der Waals surface area contributed by atoms with Gasteiger partial charge in [0.25, 0.3) is 0 Å². The molecule has 3 rings (SSSR count). The van der Waals surface area contributed by atoms with Crippen LogP contribution >= 0.6 is 24.0 Å². The van der Waals surface area contributed by atoms with Crippen molar-refractivity contribution in [1.29, 1.82) is 0 Å². The van der Waals surface area contributed by atoms with E-state index in [1.54, 1.807) is 12.1 Å². The highest BCUT2D eigenvalue weighted by Gasteiger charge is 2.19. The van der Waals surface area contributed by atoms with E-state index in [4.69, 9.17) is 4.99 Å². The Kier molecular flexibility index (Phi) is 8.15. The Morgan fingerprint density at radius 3 is 2.44 bits per heavy atom. The molecule has 0 unspecified atom stereocenters. The fraction of sp³-hybridized carbons (Fsp3) is 0.350. The number of halogens is 2. The van der Waals surface area contributed by atoms with Gasteiger partial charge in [0.2, 0.25) is 0 Å².